The highest BCUT2D eigenvalue weighted by molar-refractivity contribution is 5.71. The smallest absolute Gasteiger partial charge is 0.306 e. The first-order valence-corrected chi connectivity index (χ1v) is 29.0. The minimum atomic E-state index is -0.800. The van der Waals surface area contributed by atoms with E-state index in [0.717, 1.165) is 135 Å². The number of ether oxygens (including phenoxy) is 3. The van der Waals surface area contributed by atoms with E-state index in [4.69, 9.17) is 14.2 Å². The first kappa shape index (κ1) is 66.8. The summed E-state index contributed by atoms with van der Waals surface area (Å²) in [6, 6.07) is 0. The lowest BCUT2D eigenvalue weighted by Gasteiger charge is -2.18. The average molecular weight is 984 g/mol. The lowest BCUT2D eigenvalue weighted by atomic mass is 10.1. The fourth-order valence-corrected chi connectivity index (χ4v) is 7.60. The maximum Gasteiger partial charge on any atom is 0.306 e. The SMILES string of the molecule is CC/C=C\C/C=C\C/C=C\C/C=C\C/C=C\C/C=C\C/C=C\CCCCCC(=O)OCC(COC(=O)CCCCCCCCC)OC(=O)CCCCCCCC/C=C\C/C=C\C/C=C\CCCCCCC. The Kier molecular flexibility index (Phi) is 54.9. The van der Waals surface area contributed by atoms with Crippen LogP contribution in [0.1, 0.15) is 252 Å². The molecule has 0 heterocycles. The molecule has 0 spiro atoms. The first-order chi connectivity index (χ1) is 35.0. The minimum absolute atomic E-state index is 0.0966. The molecule has 6 nitrogen and oxygen atoms in total. The van der Waals surface area contributed by atoms with Crippen molar-refractivity contribution in [3.8, 4) is 0 Å². The van der Waals surface area contributed by atoms with Crippen molar-refractivity contribution in [2.24, 2.45) is 0 Å². The summed E-state index contributed by atoms with van der Waals surface area (Å²) in [7, 11) is 0. The van der Waals surface area contributed by atoms with Gasteiger partial charge in [-0.15, -0.1) is 0 Å². The number of carbonyl (C=O) groups excluding carboxylic acids is 3. The Morgan fingerprint density at radius 1 is 0.296 bits per heavy atom. The number of unbranched alkanes of at least 4 members (excludes halogenated alkanes) is 20. The normalized spacial score (nSPS) is 13.0. The zero-order valence-electron chi connectivity index (χ0n) is 45.9. The zero-order valence-corrected chi connectivity index (χ0v) is 45.9. The van der Waals surface area contributed by atoms with Crippen LogP contribution in [0.4, 0.5) is 0 Å². The van der Waals surface area contributed by atoms with E-state index in [1.165, 1.54) is 77.0 Å². The lowest BCUT2D eigenvalue weighted by Crippen LogP contribution is -2.30. The van der Waals surface area contributed by atoms with E-state index in [1.807, 2.05) is 0 Å². The van der Waals surface area contributed by atoms with Crippen molar-refractivity contribution in [2.45, 2.75) is 258 Å². The van der Waals surface area contributed by atoms with E-state index >= 15 is 0 Å². The predicted molar refractivity (Wildman–Crippen MR) is 306 cm³/mol. The van der Waals surface area contributed by atoms with Gasteiger partial charge in [-0.3, -0.25) is 14.4 Å². The molecule has 0 N–H and O–H groups in total. The number of rotatable bonds is 51. The van der Waals surface area contributed by atoms with Crippen molar-refractivity contribution >= 4 is 17.9 Å². The summed E-state index contributed by atoms with van der Waals surface area (Å²) in [6.07, 6.45) is 80.6. The summed E-state index contributed by atoms with van der Waals surface area (Å²) in [5, 5.41) is 0. The largest absolute Gasteiger partial charge is 0.462 e. The minimum Gasteiger partial charge on any atom is -0.462 e. The van der Waals surface area contributed by atoms with Crippen LogP contribution in [0.5, 0.6) is 0 Å². The highest BCUT2D eigenvalue weighted by atomic mass is 16.6. The molecule has 0 saturated carbocycles. The van der Waals surface area contributed by atoms with Crippen molar-refractivity contribution in [1.29, 1.82) is 0 Å². The highest BCUT2D eigenvalue weighted by Gasteiger charge is 2.19. The van der Waals surface area contributed by atoms with Gasteiger partial charge < -0.3 is 14.2 Å². The van der Waals surface area contributed by atoms with Crippen LogP contribution in [-0.4, -0.2) is 37.2 Å². The topological polar surface area (TPSA) is 78.9 Å². The van der Waals surface area contributed by atoms with Crippen LogP contribution in [0, 0.1) is 0 Å². The molecule has 0 rings (SSSR count). The Morgan fingerprint density at radius 3 is 0.873 bits per heavy atom. The number of hydrogen-bond donors (Lipinski definition) is 0. The summed E-state index contributed by atoms with van der Waals surface area (Å²) >= 11 is 0. The molecule has 0 aromatic rings. The van der Waals surface area contributed by atoms with Crippen molar-refractivity contribution in [3.63, 3.8) is 0 Å². The molecular formula is C65H106O6. The van der Waals surface area contributed by atoms with E-state index < -0.39 is 6.10 Å². The van der Waals surface area contributed by atoms with Crippen LogP contribution >= 0.6 is 0 Å². The van der Waals surface area contributed by atoms with Crippen molar-refractivity contribution in [2.75, 3.05) is 13.2 Å². The molecule has 0 fully saturated rings. The Morgan fingerprint density at radius 2 is 0.549 bits per heavy atom. The maximum atomic E-state index is 12.8. The molecule has 0 aliphatic carbocycles. The van der Waals surface area contributed by atoms with E-state index in [0.29, 0.717) is 19.3 Å². The predicted octanol–water partition coefficient (Wildman–Crippen LogP) is 19.6. The van der Waals surface area contributed by atoms with Crippen LogP contribution in [0.3, 0.4) is 0 Å². The lowest BCUT2D eigenvalue weighted by molar-refractivity contribution is -0.167. The Hall–Kier alpha value is -4.19. The summed E-state index contributed by atoms with van der Waals surface area (Å²) < 4.78 is 16.7. The van der Waals surface area contributed by atoms with Crippen molar-refractivity contribution in [1.82, 2.24) is 0 Å². The molecule has 1 atom stereocenters. The van der Waals surface area contributed by atoms with Crippen LogP contribution < -0.4 is 0 Å². The van der Waals surface area contributed by atoms with E-state index in [2.05, 4.69) is 142 Å². The summed E-state index contributed by atoms with van der Waals surface area (Å²) in [5.74, 6) is -0.953. The van der Waals surface area contributed by atoms with E-state index in [-0.39, 0.29) is 31.1 Å². The second-order valence-corrected chi connectivity index (χ2v) is 18.8. The molecule has 0 aliphatic rings. The third-order valence-electron chi connectivity index (χ3n) is 12.0. The highest BCUT2D eigenvalue weighted by Crippen LogP contribution is 2.13. The van der Waals surface area contributed by atoms with E-state index in [1.54, 1.807) is 0 Å². The first-order valence-electron chi connectivity index (χ1n) is 29.0. The van der Waals surface area contributed by atoms with Gasteiger partial charge in [-0.1, -0.05) is 239 Å². The fraction of sp³-hybridized carbons (Fsp3) is 0.646. The van der Waals surface area contributed by atoms with Crippen LogP contribution in [-0.2, 0) is 28.6 Å². The van der Waals surface area contributed by atoms with Gasteiger partial charge in [0.15, 0.2) is 6.10 Å². The molecule has 0 saturated heterocycles. The Labute approximate surface area is 437 Å². The number of carbonyl (C=O) groups is 3. The molecular weight excluding hydrogens is 877 g/mol. The van der Waals surface area contributed by atoms with Crippen LogP contribution in [0.2, 0.25) is 0 Å². The fourth-order valence-electron chi connectivity index (χ4n) is 7.60. The van der Waals surface area contributed by atoms with Crippen LogP contribution in [0.15, 0.2) is 122 Å². The van der Waals surface area contributed by atoms with Gasteiger partial charge in [-0.25, -0.2) is 0 Å². The maximum absolute atomic E-state index is 12.8. The summed E-state index contributed by atoms with van der Waals surface area (Å²) in [5.41, 5.74) is 0. The Bertz CT molecular complexity index is 1500. The molecule has 0 aromatic carbocycles. The summed E-state index contributed by atoms with van der Waals surface area (Å²) in [6.45, 7) is 6.43. The van der Waals surface area contributed by atoms with Crippen molar-refractivity contribution in [3.05, 3.63) is 122 Å². The molecule has 0 radical (unpaired) electrons. The van der Waals surface area contributed by atoms with Gasteiger partial charge in [0, 0.05) is 19.3 Å². The second-order valence-electron chi connectivity index (χ2n) is 18.8. The number of hydrogen-bond acceptors (Lipinski definition) is 6. The molecule has 0 amide bonds. The molecule has 1 unspecified atom stereocenters. The van der Waals surface area contributed by atoms with Gasteiger partial charge in [0.2, 0.25) is 0 Å². The molecule has 402 valence electrons. The summed E-state index contributed by atoms with van der Waals surface area (Å²) in [4.78, 5) is 38.0. The van der Waals surface area contributed by atoms with Gasteiger partial charge in [0.25, 0.3) is 0 Å². The quantitative estimate of drug-likeness (QED) is 0.0261. The second kappa shape index (κ2) is 58.4. The Balaban J connectivity index is 4.33. The molecule has 0 aromatic heterocycles. The third kappa shape index (κ3) is 56.6. The number of esters is 3. The average Bonchev–Trinajstić information content (AvgIpc) is 3.37. The molecule has 6 heteroatoms. The van der Waals surface area contributed by atoms with Gasteiger partial charge in [-0.2, -0.15) is 0 Å². The zero-order chi connectivity index (χ0) is 51.4. The standard InChI is InChI=1S/C65H106O6/c1-4-7-10-13-16-18-20-22-24-26-28-30-31-32-33-35-36-38-40-42-44-46-49-52-55-58-64(67)70-61-62(60-69-63(66)57-54-51-48-15-12-9-6-3)71-65(68)59-56-53-50-47-45-43-41-39-37-34-29-27-25-23-21-19-17-14-11-8-5-2/h7,10,16,18,21-24,27-30,32-33,36-39,42,44,62H,4-6,8-9,11-15,17,19-20,25-26,31,34-35,40-41,43,45-61H2,1-3H3/b10-7-,18-16-,23-21-,24-22-,29-27-,30-28-,33-32-,38-36-,39-37-,44-42-. The monoisotopic (exact) mass is 983 g/mol. The number of allylic oxidation sites excluding steroid dienone is 20. The van der Waals surface area contributed by atoms with Gasteiger partial charge in [0.05, 0.1) is 0 Å². The van der Waals surface area contributed by atoms with Gasteiger partial charge in [-0.05, 0) is 116 Å². The van der Waals surface area contributed by atoms with Crippen LogP contribution in [0.25, 0.3) is 0 Å². The molecule has 0 aliphatic heterocycles. The van der Waals surface area contributed by atoms with Crippen molar-refractivity contribution < 1.29 is 28.6 Å². The molecule has 71 heavy (non-hydrogen) atoms. The van der Waals surface area contributed by atoms with Gasteiger partial charge in [0.1, 0.15) is 13.2 Å². The molecule has 0 bridgehead atoms. The van der Waals surface area contributed by atoms with E-state index in [9.17, 15) is 14.4 Å². The van der Waals surface area contributed by atoms with Gasteiger partial charge >= 0.3 is 17.9 Å². The third-order valence-corrected chi connectivity index (χ3v) is 12.0.